The lowest BCUT2D eigenvalue weighted by atomic mass is 10.0. The second-order valence-electron chi connectivity index (χ2n) is 10.8. The molecule has 4 heterocycles. The van der Waals surface area contributed by atoms with Gasteiger partial charge in [0.2, 0.25) is 17.8 Å². The smallest absolute Gasteiger partial charge is 0.232 e. The molecule has 11 heteroatoms. The van der Waals surface area contributed by atoms with E-state index in [1.165, 1.54) is 16.8 Å². The zero-order valence-corrected chi connectivity index (χ0v) is 21.6. The molecule has 1 aromatic heterocycles. The minimum absolute atomic E-state index is 0.00393. The first-order chi connectivity index (χ1) is 17.2. The monoisotopic (exact) mass is 495 g/mol. The Kier molecular flexibility index (Phi) is 7.16. The molecule has 2 aromatic rings. The predicted molar refractivity (Wildman–Crippen MR) is 146 cm³/mol. The summed E-state index contributed by atoms with van der Waals surface area (Å²) in [6.45, 7) is 10.5. The summed E-state index contributed by atoms with van der Waals surface area (Å²) in [7, 11) is 0. The van der Waals surface area contributed by atoms with Crippen LogP contribution in [0.15, 0.2) is 18.2 Å². The van der Waals surface area contributed by atoms with Crippen LogP contribution in [0, 0.1) is 13.8 Å². The van der Waals surface area contributed by atoms with Gasteiger partial charge in [-0.2, -0.15) is 15.0 Å². The molecule has 0 amide bonds. The fourth-order valence-electron chi connectivity index (χ4n) is 5.54. The van der Waals surface area contributed by atoms with Gasteiger partial charge >= 0.3 is 0 Å². The second-order valence-corrected chi connectivity index (χ2v) is 10.8. The molecule has 3 aliphatic rings. The molecule has 1 aromatic carbocycles. The minimum Gasteiger partial charge on any atom is -0.368 e. The molecule has 196 valence electrons. The third-order valence-electron chi connectivity index (χ3n) is 7.61. The topological polar surface area (TPSA) is 156 Å². The molecule has 0 radical (unpaired) electrons. The number of benzene rings is 1. The molecule has 3 saturated heterocycles. The van der Waals surface area contributed by atoms with Crippen molar-refractivity contribution in [2.24, 2.45) is 22.9 Å². The fraction of sp³-hybridized carbons (Fsp3) is 0.640. The molecule has 0 aliphatic carbocycles. The van der Waals surface area contributed by atoms with Gasteiger partial charge in [-0.05, 0) is 49.9 Å². The Bertz CT molecular complexity index is 990. The van der Waals surface area contributed by atoms with E-state index in [2.05, 4.69) is 51.6 Å². The molecule has 3 fully saturated rings. The average molecular weight is 496 g/mol. The largest absolute Gasteiger partial charge is 0.368 e. The fourth-order valence-corrected chi connectivity index (χ4v) is 5.54. The highest BCUT2D eigenvalue weighted by Gasteiger charge is 2.30. The SMILES string of the molecule is Cc1ccc(N2CCN(c3nc(N4C[C@H](N)C[C@H](N)C4)nc(N4C[C@H](N)C[C@H](N)C4)n3)CC2)cc1C. The molecular weight excluding hydrogens is 454 g/mol. The van der Waals surface area contributed by atoms with Gasteiger partial charge < -0.3 is 42.5 Å². The first-order valence-corrected chi connectivity index (χ1v) is 13.1. The summed E-state index contributed by atoms with van der Waals surface area (Å²) in [5.74, 6) is 1.95. The van der Waals surface area contributed by atoms with Gasteiger partial charge in [0.15, 0.2) is 0 Å². The van der Waals surface area contributed by atoms with Crippen molar-refractivity contribution >= 4 is 23.5 Å². The van der Waals surface area contributed by atoms with Crippen molar-refractivity contribution in [3.8, 4) is 0 Å². The molecule has 0 bridgehead atoms. The van der Waals surface area contributed by atoms with Crippen LogP contribution in [-0.4, -0.2) is 91.5 Å². The molecule has 4 atom stereocenters. The number of rotatable bonds is 4. The maximum absolute atomic E-state index is 6.29. The number of nitrogens with zero attached hydrogens (tertiary/aromatic N) is 7. The summed E-state index contributed by atoms with van der Waals surface area (Å²) in [6.07, 6.45) is 1.61. The zero-order chi connectivity index (χ0) is 25.4. The summed E-state index contributed by atoms with van der Waals surface area (Å²) in [6, 6.07) is 6.67. The Morgan fingerprint density at radius 2 is 1.00 bits per heavy atom. The van der Waals surface area contributed by atoms with Gasteiger partial charge in [-0.25, -0.2) is 0 Å². The minimum atomic E-state index is -0.00393. The number of hydrogen-bond donors (Lipinski definition) is 4. The Hall–Kier alpha value is -2.73. The van der Waals surface area contributed by atoms with Crippen molar-refractivity contribution in [3.05, 3.63) is 29.3 Å². The van der Waals surface area contributed by atoms with Crippen molar-refractivity contribution in [3.63, 3.8) is 0 Å². The van der Waals surface area contributed by atoms with Gasteiger partial charge in [-0.1, -0.05) is 6.07 Å². The molecule has 0 spiro atoms. The highest BCUT2D eigenvalue weighted by molar-refractivity contribution is 5.53. The van der Waals surface area contributed by atoms with Gasteiger partial charge in [-0.15, -0.1) is 0 Å². The van der Waals surface area contributed by atoms with Crippen molar-refractivity contribution < 1.29 is 0 Å². The zero-order valence-electron chi connectivity index (χ0n) is 21.6. The first kappa shape index (κ1) is 24.9. The second kappa shape index (κ2) is 10.3. The van der Waals surface area contributed by atoms with E-state index in [9.17, 15) is 0 Å². The number of aromatic nitrogens is 3. The maximum atomic E-state index is 6.29. The highest BCUT2D eigenvalue weighted by Crippen LogP contribution is 2.26. The van der Waals surface area contributed by atoms with Crippen LogP contribution < -0.4 is 42.5 Å². The molecule has 36 heavy (non-hydrogen) atoms. The van der Waals surface area contributed by atoms with E-state index in [0.29, 0.717) is 44.0 Å². The summed E-state index contributed by atoms with van der Waals surface area (Å²) in [5.41, 5.74) is 29.1. The number of hydrogen-bond acceptors (Lipinski definition) is 11. The summed E-state index contributed by atoms with van der Waals surface area (Å²) in [4.78, 5) is 23.6. The van der Waals surface area contributed by atoms with E-state index in [4.69, 9.17) is 37.9 Å². The molecule has 0 saturated carbocycles. The van der Waals surface area contributed by atoms with Crippen LogP contribution in [0.1, 0.15) is 24.0 Å². The van der Waals surface area contributed by atoms with Crippen LogP contribution in [0.3, 0.4) is 0 Å². The van der Waals surface area contributed by atoms with Crippen LogP contribution in [0.5, 0.6) is 0 Å². The Morgan fingerprint density at radius 1 is 0.583 bits per heavy atom. The quantitative estimate of drug-likeness (QED) is 0.435. The highest BCUT2D eigenvalue weighted by atomic mass is 15.4. The third kappa shape index (κ3) is 5.49. The summed E-state index contributed by atoms with van der Waals surface area (Å²) < 4.78 is 0. The van der Waals surface area contributed by atoms with Gasteiger partial charge in [0.1, 0.15) is 0 Å². The predicted octanol–water partition coefficient (Wildman–Crippen LogP) is -0.456. The van der Waals surface area contributed by atoms with E-state index >= 15 is 0 Å². The van der Waals surface area contributed by atoms with Gasteiger partial charge in [-0.3, -0.25) is 0 Å². The lowest BCUT2D eigenvalue weighted by Crippen LogP contribution is -2.54. The van der Waals surface area contributed by atoms with Gasteiger partial charge in [0.25, 0.3) is 0 Å². The Balaban J connectivity index is 1.39. The number of nitrogens with two attached hydrogens (primary N) is 4. The molecule has 3 aliphatic heterocycles. The summed E-state index contributed by atoms with van der Waals surface area (Å²) >= 11 is 0. The van der Waals surface area contributed by atoms with Gasteiger partial charge in [0, 0.05) is 82.2 Å². The van der Waals surface area contributed by atoms with Crippen LogP contribution in [0.2, 0.25) is 0 Å². The standard InChI is InChI=1S/C25H41N11/c1-16-3-4-22(9-17(16)2)33-5-7-34(8-6-33)23-30-24(35-12-18(26)10-19(27)13-35)32-25(31-23)36-14-20(28)11-21(29)15-36/h3-4,9,18-21H,5-8,10-15,26-29H2,1-2H3/t18-,19+,20-,21+. The van der Waals surface area contributed by atoms with E-state index in [1.807, 2.05) is 0 Å². The lowest BCUT2D eigenvalue weighted by Gasteiger charge is -2.39. The molecule has 8 N–H and O–H groups in total. The number of piperidine rings is 2. The van der Waals surface area contributed by atoms with Crippen molar-refractivity contribution in [1.82, 2.24) is 15.0 Å². The number of aryl methyl sites for hydroxylation is 2. The van der Waals surface area contributed by atoms with Crippen LogP contribution in [0.4, 0.5) is 23.5 Å². The normalized spacial score (nSPS) is 27.5. The molecule has 11 nitrogen and oxygen atoms in total. The Morgan fingerprint density at radius 3 is 1.44 bits per heavy atom. The first-order valence-electron chi connectivity index (χ1n) is 13.1. The third-order valence-corrected chi connectivity index (χ3v) is 7.61. The lowest BCUT2D eigenvalue weighted by molar-refractivity contribution is 0.440. The van der Waals surface area contributed by atoms with Crippen LogP contribution in [0.25, 0.3) is 0 Å². The average Bonchev–Trinajstić information content (AvgIpc) is 2.84. The van der Waals surface area contributed by atoms with Crippen molar-refractivity contribution in [2.75, 3.05) is 72.0 Å². The van der Waals surface area contributed by atoms with Crippen LogP contribution in [-0.2, 0) is 0 Å². The van der Waals surface area contributed by atoms with E-state index in [-0.39, 0.29) is 24.2 Å². The van der Waals surface area contributed by atoms with Crippen LogP contribution >= 0.6 is 0 Å². The van der Waals surface area contributed by atoms with E-state index < -0.39 is 0 Å². The Labute approximate surface area is 213 Å². The van der Waals surface area contributed by atoms with Gasteiger partial charge in [0.05, 0.1) is 0 Å². The van der Waals surface area contributed by atoms with Crippen molar-refractivity contribution in [2.45, 2.75) is 50.9 Å². The molecular formula is C25H41N11. The summed E-state index contributed by atoms with van der Waals surface area (Å²) in [5, 5.41) is 0. The van der Waals surface area contributed by atoms with E-state index in [0.717, 1.165) is 39.0 Å². The molecule has 5 rings (SSSR count). The maximum Gasteiger partial charge on any atom is 0.232 e. The van der Waals surface area contributed by atoms with E-state index in [1.54, 1.807) is 0 Å². The number of piperazine rings is 1. The van der Waals surface area contributed by atoms with Crippen molar-refractivity contribution in [1.29, 1.82) is 0 Å². The molecule has 0 unspecified atom stereocenters. The number of anilines is 4.